The number of allylic oxidation sites excluding steroid dienone is 1. The van der Waals surface area contributed by atoms with E-state index in [2.05, 4.69) is 91.1 Å². The molecule has 0 radical (unpaired) electrons. The van der Waals surface area contributed by atoms with Crippen LogP contribution in [0.4, 0.5) is 11.4 Å². The lowest BCUT2D eigenvalue weighted by Crippen LogP contribution is -2.27. The van der Waals surface area contributed by atoms with Crippen molar-refractivity contribution in [2.24, 2.45) is 5.92 Å². The van der Waals surface area contributed by atoms with Crippen molar-refractivity contribution < 1.29 is 9.53 Å². The van der Waals surface area contributed by atoms with Crippen LogP contribution in [0.25, 0.3) is 17.2 Å². The Balaban J connectivity index is 1.58. The van der Waals surface area contributed by atoms with Gasteiger partial charge in [0, 0.05) is 43.8 Å². The maximum atomic E-state index is 11.6. The Hall–Kier alpha value is -3.79. The minimum absolute atomic E-state index is 0.356. The highest BCUT2D eigenvalue weighted by Gasteiger charge is 2.22. The van der Waals surface area contributed by atoms with Gasteiger partial charge in [-0.2, -0.15) is 0 Å². The quantitative estimate of drug-likeness (QED) is 0.225. The first-order valence-corrected chi connectivity index (χ1v) is 13.1. The minimum Gasteiger partial charge on any atom is -0.466 e. The summed E-state index contributed by atoms with van der Waals surface area (Å²) in [4.78, 5) is 16.1. The molecule has 0 amide bonds. The molecule has 4 heteroatoms. The van der Waals surface area contributed by atoms with E-state index in [-0.39, 0.29) is 5.97 Å². The molecule has 0 heterocycles. The standard InChI is InChI=1S/C33H38N2O2/c1-25(28-10-6-5-7-11-28)35(32-12-8-9-26(23-32)15-22-33(36)37-4)24-27-13-16-29(17-14-27)30-18-20-31(21-19-30)34(2)3/h8-9,12-23,28H,1,5-7,10-11,24H2,2-4H3/b22-15+. The molecule has 0 aliphatic heterocycles. The number of carbonyl (C=O) groups excluding carboxylic acids is 1. The van der Waals surface area contributed by atoms with Gasteiger partial charge in [0.1, 0.15) is 0 Å². The summed E-state index contributed by atoms with van der Waals surface area (Å²) in [5, 5.41) is 0. The average molecular weight is 495 g/mol. The van der Waals surface area contributed by atoms with Crippen LogP contribution in [0.2, 0.25) is 0 Å². The van der Waals surface area contributed by atoms with Gasteiger partial charge in [0.05, 0.1) is 7.11 Å². The molecule has 0 N–H and O–H groups in total. The number of ether oxygens (including phenoxy) is 1. The summed E-state index contributed by atoms with van der Waals surface area (Å²) in [6, 6.07) is 25.8. The molecule has 1 aliphatic carbocycles. The molecule has 0 saturated heterocycles. The van der Waals surface area contributed by atoms with Crippen molar-refractivity contribution in [3.05, 3.63) is 102 Å². The second kappa shape index (κ2) is 12.4. The third-order valence-corrected chi connectivity index (χ3v) is 7.23. The van der Waals surface area contributed by atoms with E-state index in [4.69, 9.17) is 4.74 Å². The third kappa shape index (κ3) is 6.91. The first kappa shape index (κ1) is 26.3. The molecule has 3 aromatic carbocycles. The lowest BCUT2D eigenvalue weighted by molar-refractivity contribution is -0.134. The number of esters is 1. The number of methoxy groups -OCH3 is 1. The van der Waals surface area contributed by atoms with Gasteiger partial charge in [-0.3, -0.25) is 0 Å². The monoisotopic (exact) mass is 494 g/mol. The Morgan fingerprint density at radius 2 is 1.57 bits per heavy atom. The molecule has 0 bridgehead atoms. The van der Waals surface area contributed by atoms with E-state index in [0.29, 0.717) is 5.92 Å². The number of hydrogen-bond donors (Lipinski definition) is 0. The van der Waals surface area contributed by atoms with Crippen molar-refractivity contribution in [3.8, 4) is 11.1 Å². The maximum absolute atomic E-state index is 11.6. The van der Waals surface area contributed by atoms with Crippen molar-refractivity contribution in [2.45, 2.75) is 38.6 Å². The predicted octanol–water partition coefficient (Wildman–Crippen LogP) is 7.71. The van der Waals surface area contributed by atoms with Gasteiger partial charge in [0.15, 0.2) is 0 Å². The highest BCUT2D eigenvalue weighted by atomic mass is 16.5. The number of nitrogens with zero attached hydrogens (tertiary/aromatic N) is 2. The van der Waals surface area contributed by atoms with Gasteiger partial charge < -0.3 is 14.5 Å². The van der Waals surface area contributed by atoms with Crippen molar-refractivity contribution in [3.63, 3.8) is 0 Å². The Labute approximate surface area is 221 Å². The van der Waals surface area contributed by atoms with Crippen LogP contribution in [0.15, 0.2) is 91.1 Å². The predicted molar refractivity (Wildman–Crippen MR) is 156 cm³/mol. The lowest BCUT2D eigenvalue weighted by atomic mass is 9.86. The molecule has 192 valence electrons. The van der Waals surface area contributed by atoms with E-state index in [0.717, 1.165) is 17.8 Å². The molecule has 4 rings (SSSR count). The van der Waals surface area contributed by atoms with E-state index in [1.807, 2.05) is 12.1 Å². The van der Waals surface area contributed by atoms with Crippen LogP contribution in [0.1, 0.15) is 43.2 Å². The molecule has 0 spiro atoms. The van der Waals surface area contributed by atoms with Crippen LogP contribution in [-0.2, 0) is 16.1 Å². The van der Waals surface area contributed by atoms with Crippen LogP contribution in [-0.4, -0.2) is 27.2 Å². The van der Waals surface area contributed by atoms with Gasteiger partial charge in [-0.25, -0.2) is 4.79 Å². The van der Waals surface area contributed by atoms with Crippen molar-refractivity contribution in [1.82, 2.24) is 0 Å². The largest absolute Gasteiger partial charge is 0.466 e. The minimum atomic E-state index is -0.356. The smallest absolute Gasteiger partial charge is 0.330 e. The van der Waals surface area contributed by atoms with Crippen LogP contribution >= 0.6 is 0 Å². The second-order valence-electron chi connectivity index (χ2n) is 10.0. The fourth-order valence-corrected chi connectivity index (χ4v) is 4.98. The number of hydrogen-bond acceptors (Lipinski definition) is 4. The Morgan fingerprint density at radius 3 is 2.19 bits per heavy atom. The summed E-state index contributed by atoms with van der Waals surface area (Å²) in [5.74, 6) is 0.142. The maximum Gasteiger partial charge on any atom is 0.330 e. The molecule has 1 aliphatic rings. The Morgan fingerprint density at radius 1 is 0.919 bits per heavy atom. The normalized spacial score (nSPS) is 13.9. The molecular formula is C33H38N2O2. The van der Waals surface area contributed by atoms with Crippen LogP contribution < -0.4 is 9.80 Å². The zero-order valence-electron chi connectivity index (χ0n) is 22.3. The molecular weight excluding hydrogens is 456 g/mol. The van der Waals surface area contributed by atoms with Gasteiger partial charge in [-0.15, -0.1) is 0 Å². The summed E-state index contributed by atoms with van der Waals surface area (Å²) < 4.78 is 4.75. The number of benzene rings is 3. The third-order valence-electron chi connectivity index (χ3n) is 7.23. The van der Waals surface area contributed by atoms with Gasteiger partial charge in [-0.1, -0.05) is 74.4 Å². The summed E-state index contributed by atoms with van der Waals surface area (Å²) in [6.07, 6.45) is 9.49. The second-order valence-corrected chi connectivity index (χ2v) is 10.0. The summed E-state index contributed by atoms with van der Waals surface area (Å²) in [6.45, 7) is 5.34. The number of carbonyl (C=O) groups is 1. The first-order valence-electron chi connectivity index (χ1n) is 13.1. The molecule has 0 unspecified atom stereocenters. The van der Waals surface area contributed by atoms with E-state index in [1.54, 1.807) is 6.08 Å². The zero-order valence-corrected chi connectivity index (χ0v) is 22.3. The molecule has 0 atom stereocenters. The molecule has 4 nitrogen and oxygen atoms in total. The van der Waals surface area contributed by atoms with Gasteiger partial charge in [0.2, 0.25) is 0 Å². The lowest BCUT2D eigenvalue weighted by Gasteiger charge is -2.34. The van der Waals surface area contributed by atoms with E-state index in [9.17, 15) is 4.79 Å². The SMILES string of the molecule is C=C(C1CCCCC1)N(Cc1ccc(-c2ccc(N(C)C)cc2)cc1)c1cccc(/C=C/C(=O)OC)c1. The zero-order chi connectivity index (χ0) is 26.2. The van der Waals surface area contributed by atoms with Gasteiger partial charge in [0.25, 0.3) is 0 Å². The van der Waals surface area contributed by atoms with Crippen LogP contribution in [0.3, 0.4) is 0 Å². The Bertz CT molecular complexity index is 1220. The number of anilines is 2. The molecule has 1 fully saturated rings. The van der Waals surface area contributed by atoms with Crippen molar-refractivity contribution in [2.75, 3.05) is 31.0 Å². The summed E-state index contributed by atoms with van der Waals surface area (Å²) in [7, 11) is 5.51. The Kier molecular flexibility index (Phi) is 8.84. The van der Waals surface area contributed by atoms with E-state index in [1.165, 1.54) is 73.4 Å². The van der Waals surface area contributed by atoms with E-state index < -0.39 is 0 Å². The fourth-order valence-electron chi connectivity index (χ4n) is 4.98. The average Bonchev–Trinajstić information content (AvgIpc) is 2.95. The molecule has 3 aromatic rings. The fraction of sp³-hybridized carbons (Fsp3) is 0.303. The number of rotatable bonds is 9. The molecule has 1 saturated carbocycles. The molecule has 0 aromatic heterocycles. The van der Waals surface area contributed by atoms with Crippen LogP contribution in [0, 0.1) is 5.92 Å². The van der Waals surface area contributed by atoms with E-state index >= 15 is 0 Å². The molecule has 37 heavy (non-hydrogen) atoms. The van der Waals surface area contributed by atoms with Gasteiger partial charge in [-0.05, 0) is 71.4 Å². The summed E-state index contributed by atoms with van der Waals surface area (Å²) >= 11 is 0. The topological polar surface area (TPSA) is 32.8 Å². The summed E-state index contributed by atoms with van der Waals surface area (Å²) in [5.41, 5.74) is 8.08. The van der Waals surface area contributed by atoms with Crippen molar-refractivity contribution >= 4 is 23.4 Å². The highest BCUT2D eigenvalue weighted by molar-refractivity contribution is 5.87. The first-order chi connectivity index (χ1) is 17.9. The highest BCUT2D eigenvalue weighted by Crippen LogP contribution is 2.35. The van der Waals surface area contributed by atoms with Crippen molar-refractivity contribution in [1.29, 1.82) is 0 Å². The van der Waals surface area contributed by atoms with Gasteiger partial charge >= 0.3 is 5.97 Å². The van der Waals surface area contributed by atoms with Crippen LogP contribution in [0.5, 0.6) is 0 Å².